The molecule has 0 amide bonds. The minimum absolute atomic E-state index is 0.516. The predicted octanol–water partition coefficient (Wildman–Crippen LogP) is 4.23. The second-order valence-electron chi connectivity index (χ2n) is 4.68. The zero-order chi connectivity index (χ0) is 14.1. The van der Waals surface area contributed by atoms with Crippen molar-refractivity contribution in [1.82, 2.24) is 0 Å². The maximum absolute atomic E-state index is 11.1. The van der Waals surface area contributed by atoms with Crippen molar-refractivity contribution in [2.75, 3.05) is 7.11 Å². The highest BCUT2D eigenvalue weighted by molar-refractivity contribution is 5.87. The highest BCUT2D eigenvalue weighted by atomic mass is 16.5. The van der Waals surface area contributed by atoms with Crippen molar-refractivity contribution in [2.24, 2.45) is 0 Å². The van der Waals surface area contributed by atoms with Gasteiger partial charge in [0.2, 0.25) is 0 Å². The summed E-state index contributed by atoms with van der Waals surface area (Å²) in [5, 5.41) is 1.06. The Balaban J connectivity index is 2.15. The number of carbonyl (C=O) groups is 1. The van der Waals surface area contributed by atoms with E-state index in [4.69, 9.17) is 9.15 Å². The van der Waals surface area contributed by atoms with Gasteiger partial charge in [-0.1, -0.05) is 18.2 Å². The number of hydrogen-bond donors (Lipinski definition) is 0. The molecule has 0 radical (unpaired) electrons. The number of para-hydroxylation sites is 1. The lowest BCUT2D eigenvalue weighted by atomic mass is 10.1. The van der Waals surface area contributed by atoms with Gasteiger partial charge in [0.15, 0.2) is 6.29 Å². The molecule has 2 aromatic carbocycles. The smallest absolute Gasteiger partial charge is 0.153 e. The Hall–Kier alpha value is -2.55. The molecule has 0 atom stereocenters. The first-order valence-electron chi connectivity index (χ1n) is 6.35. The Kier molecular flexibility index (Phi) is 3.03. The lowest BCUT2D eigenvalue weighted by Gasteiger charge is -2.04. The predicted molar refractivity (Wildman–Crippen MR) is 78.3 cm³/mol. The Morgan fingerprint density at radius 2 is 2.00 bits per heavy atom. The van der Waals surface area contributed by atoms with Crippen LogP contribution in [0.4, 0.5) is 0 Å². The van der Waals surface area contributed by atoms with E-state index < -0.39 is 0 Å². The number of ether oxygens (including phenoxy) is 1. The molecular weight excluding hydrogens is 252 g/mol. The van der Waals surface area contributed by atoms with Gasteiger partial charge in [0.05, 0.1) is 12.7 Å². The van der Waals surface area contributed by atoms with Crippen LogP contribution in [-0.2, 0) is 0 Å². The Morgan fingerprint density at radius 1 is 1.15 bits per heavy atom. The third-order valence-corrected chi connectivity index (χ3v) is 3.38. The molecule has 3 nitrogen and oxygen atoms in total. The molecule has 0 bridgehead atoms. The summed E-state index contributed by atoms with van der Waals surface area (Å²) in [6.07, 6.45) is 0.788. The molecule has 20 heavy (non-hydrogen) atoms. The third kappa shape index (κ3) is 1.97. The average Bonchev–Trinajstić information content (AvgIpc) is 2.92. The molecule has 0 saturated heterocycles. The summed E-state index contributed by atoms with van der Waals surface area (Å²) in [4.78, 5) is 11.1. The number of aryl methyl sites for hydroxylation is 1. The maximum atomic E-state index is 11.1. The van der Waals surface area contributed by atoms with Gasteiger partial charge in [0, 0.05) is 10.9 Å². The number of rotatable bonds is 3. The number of hydrogen-bond acceptors (Lipinski definition) is 3. The molecule has 0 aliphatic rings. The van der Waals surface area contributed by atoms with Crippen molar-refractivity contribution in [3.8, 4) is 17.1 Å². The Morgan fingerprint density at radius 3 is 2.70 bits per heavy atom. The van der Waals surface area contributed by atoms with Crippen LogP contribution < -0.4 is 4.74 Å². The topological polar surface area (TPSA) is 39.4 Å². The molecule has 0 unspecified atom stereocenters. The number of fused-ring (bicyclic) bond motifs is 1. The van der Waals surface area contributed by atoms with Crippen molar-refractivity contribution in [1.29, 1.82) is 0 Å². The van der Waals surface area contributed by atoms with Gasteiger partial charge in [-0.2, -0.15) is 0 Å². The molecule has 0 saturated carbocycles. The van der Waals surface area contributed by atoms with Crippen molar-refractivity contribution in [2.45, 2.75) is 6.92 Å². The van der Waals surface area contributed by atoms with Gasteiger partial charge in [-0.15, -0.1) is 0 Å². The molecule has 0 aliphatic carbocycles. The fourth-order valence-electron chi connectivity index (χ4n) is 2.33. The lowest BCUT2D eigenvalue weighted by Crippen LogP contribution is -1.90. The van der Waals surface area contributed by atoms with E-state index in [-0.39, 0.29) is 0 Å². The summed E-state index contributed by atoms with van der Waals surface area (Å²) in [6, 6.07) is 13.5. The van der Waals surface area contributed by atoms with Crippen LogP contribution in [0.3, 0.4) is 0 Å². The number of carbonyl (C=O) groups excluding carboxylic acids is 1. The van der Waals surface area contributed by atoms with E-state index in [0.29, 0.717) is 11.3 Å². The number of methoxy groups -OCH3 is 1. The molecule has 3 heteroatoms. The van der Waals surface area contributed by atoms with Gasteiger partial charge < -0.3 is 9.15 Å². The summed E-state index contributed by atoms with van der Waals surface area (Å²) in [7, 11) is 1.55. The Labute approximate surface area is 116 Å². The van der Waals surface area contributed by atoms with Crippen LogP contribution in [-0.4, -0.2) is 13.4 Å². The molecule has 3 aromatic rings. The monoisotopic (exact) mass is 266 g/mol. The molecule has 0 spiro atoms. The van der Waals surface area contributed by atoms with Crippen LogP contribution in [0, 0.1) is 6.92 Å². The third-order valence-electron chi connectivity index (χ3n) is 3.38. The fraction of sp³-hybridized carbons (Fsp3) is 0.118. The van der Waals surface area contributed by atoms with E-state index in [1.54, 1.807) is 19.2 Å². The largest absolute Gasteiger partial charge is 0.496 e. The van der Waals surface area contributed by atoms with Crippen molar-refractivity contribution < 1.29 is 13.9 Å². The van der Waals surface area contributed by atoms with Gasteiger partial charge in [-0.25, -0.2) is 0 Å². The van der Waals surface area contributed by atoms with Gasteiger partial charge in [0.25, 0.3) is 0 Å². The highest BCUT2D eigenvalue weighted by Gasteiger charge is 2.10. The zero-order valence-electron chi connectivity index (χ0n) is 11.3. The quantitative estimate of drug-likeness (QED) is 0.666. The fourth-order valence-corrected chi connectivity index (χ4v) is 2.33. The SMILES string of the molecule is COc1ccc(-c2cc3cccc(C)c3o2)cc1C=O. The van der Waals surface area contributed by atoms with E-state index in [9.17, 15) is 4.79 Å². The summed E-state index contributed by atoms with van der Waals surface area (Å²) >= 11 is 0. The van der Waals surface area contributed by atoms with Crippen LogP contribution in [0.1, 0.15) is 15.9 Å². The zero-order valence-corrected chi connectivity index (χ0v) is 11.3. The van der Waals surface area contributed by atoms with E-state index in [1.807, 2.05) is 37.3 Å². The van der Waals surface area contributed by atoms with Crippen molar-refractivity contribution in [3.63, 3.8) is 0 Å². The molecule has 0 fully saturated rings. The summed E-state index contributed by atoms with van der Waals surface area (Å²) in [5.41, 5.74) is 3.36. The maximum Gasteiger partial charge on any atom is 0.153 e. The molecule has 1 aromatic heterocycles. The summed E-state index contributed by atoms with van der Waals surface area (Å²) < 4.78 is 11.0. The molecule has 0 N–H and O–H groups in total. The van der Waals surface area contributed by atoms with E-state index in [0.717, 1.165) is 34.1 Å². The minimum Gasteiger partial charge on any atom is -0.496 e. The first-order chi connectivity index (χ1) is 9.72. The lowest BCUT2D eigenvalue weighted by molar-refractivity contribution is 0.112. The molecule has 1 heterocycles. The van der Waals surface area contributed by atoms with E-state index in [1.165, 1.54) is 0 Å². The average molecular weight is 266 g/mol. The van der Waals surface area contributed by atoms with Crippen LogP contribution >= 0.6 is 0 Å². The number of benzene rings is 2. The molecular formula is C17H14O3. The van der Waals surface area contributed by atoms with E-state index >= 15 is 0 Å². The van der Waals surface area contributed by atoms with Crippen LogP contribution in [0.2, 0.25) is 0 Å². The Bertz CT molecular complexity index is 784. The molecule has 0 aliphatic heterocycles. The van der Waals surface area contributed by atoms with Gasteiger partial charge >= 0.3 is 0 Å². The van der Waals surface area contributed by atoms with Gasteiger partial charge in [0.1, 0.15) is 17.1 Å². The number of aldehydes is 1. The highest BCUT2D eigenvalue weighted by Crippen LogP contribution is 2.31. The minimum atomic E-state index is 0.516. The first kappa shape index (κ1) is 12.5. The van der Waals surface area contributed by atoms with Crippen LogP contribution in [0.25, 0.3) is 22.3 Å². The normalized spacial score (nSPS) is 10.7. The summed E-state index contributed by atoms with van der Waals surface area (Å²) in [6.45, 7) is 2.01. The second-order valence-corrected chi connectivity index (χ2v) is 4.68. The van der Waals surface area contributed by atoms with Crippen LogP contribution in [0.15, 0.2) is 46.9 Å². The molecule has 3 rings (SSSR count). The van der Waals surface area contributed by atoms with Crippen molar-refractivity contribution in [3.05, 3.63) is 53.6 Å². The molecule has 100 valence electrons. The van der Waals surface area contributed by atoms with Crippen molar-refractivity contribution >= 4 is 17.3 Å². The van der Waals surface area contributed by atoms with Crippen LogP contribution in [0.5, 0.6) is 5.75 Å². The van der Waals surface area contributed by atoms with E-state index in [2.05, 4.69) is 0 Å². The summed E-state index contributed by atoms with van der Waals surface area (Å²) in [5.74, 6) is 1.32. The van der Waals surface area contributed by atoms with Gasteiger partial charge in [-0.3, -0.25) is 4.79 Å². The standard InChI is InChI=1S/C17H14O3/c1-11-4-3-5-13-9-16(20-17(11)13)12-6-7-15(19-2)14(8-12)10-18/h3-10H,1-2H3. The first-order valence-corrected chi connectivity index (χ1v) is 6.35. The van der Waals surface area contributed by atoms with Gasteiger partial charge in [-0.05, 0) is 36.8 Å². The second kappa shape index (κ2) is 4.85. The number of furan rings is 1.